The summed E-state index contributed by atoms with van der Waals surface area (Å²) in [5, 5.41) is 2.85. The lowest BCUT2D eigenvalue weighted by Gasteiger charge is -2.15. The van der Waals surface area contributed by atoms with Crippen LogP contribution >= 0.6 is 0 Å². The maximum Gasteiger partial charge on any atom is 0.224 e. The molecule has 0 radical (unpaired) electrons. The number of hydrogen-bond acceptors (Lipinski definition) is 3. The molecular weight excluding hydrogens is 302 g/mol. The van der Waals surface area contributed by atoms with E-state index < -0.39 is 0 Å². The zero-order chi connectivity index (χ0) is 17.5. The number of aldehydes is 1. The molecule has 0 saturated heterocycles. The van der Waals surface area contributed by atoms with Crippen LogP contribution in [0, 0.1) is 6.92 Å². The molecule has 0 unspecified atom stereocenters. The van der Waals surface area contributed by atoms with Crippen LogP contribution in [-0.4, -0.2) is 18.3 Å². The second-order valence-electron chi connectivity index (χ2n) is 6.07. The van der Waals surface area contributed by atoms with Crippen LogP contribution in [-0.2, 0) is 11.2 Å². The van der Waals surface area contributed by atoms with E-state index in [0.29, 0.717) is 29.8 Å². The van der Waals surface area contributed by atoms with E-state index in [4.69, 9.17) is 4.74 Å². The van der Waals surface area contributed by atoms with Crippen molar-refractivity contribution in [1.29, 1.82) is 0 Å². The average Bonchev–Trinajstić information content (AvgIpc) is 2.55. The van der Waals surface area contributed by atoms with E-state index in [1.165, 1.54) is 5.56 Å². The van der Waals surface area contributed by atoms with Gasteiger partial charge in [-0.05, 0) is 51.0 Å². The molecule has 0 atom stereocenters. The van der Waals surface area contributed by atoms with Gasteiger partial charge in [-0.2, -0.15) is 0 Å². The van der Waals surface area contributed by atoms with Crippen LogP contribution < -0.4 is 10.1 Å². The number of ether oxygens (including phenoxy) is 1. The van der Waals surface area contributed by atoms with Crippen molar-refractivity contribution in [2.24, 2.45) is 0 Å². The maximum atomic E-state index is 12.2. The molecule has 0 aliphatic heterocycles. The minimum Gasteiger partial charge on any atom is -0.489 e. The second-order valence-corrected chi connectivity index (χ2v) is 6.07. The lowest BCUT2D eigenvalue weighted by Crippen LogP contribution is -2.15. The summed E-state index contributed by atoms with van der Waals surface area (Å²) in [7, 11) is 0. The molecule has 0 aliphatic carbocycles. The van der Waals surface area contributed by atoms with Gasteiger partial charge in [-0.15, -0.1) is 0 Å². The Morgan fingerprint density at radius 1 is 1.17 bits per heavy atom. The Hall–Kier alpha value is -2.62. The average molecular weight is 325 g/mol. The molecule has 1 N–H and O–H groups in total. The van der Waals surface area contributed by atoms with Gasteiger partial charge in [-0.25, -0.2) is 0 Å². The standard InChI is InChI=1S/C20H23NO3/c1-14(2)24-19-10-8-17(13-22)12-18(19)21-20(23)11-9-16-6-4-15(3)5-7-16/h4-8,10,12-14H,9,11H2,1-3H3,(H,21,23). The van der Waals surface area contributed by atoms with Crippen LogP contribution in [0.1, 0.15) is 41.8 Å². The third-order valence-corrected chi connectivity index (χ3v) is 3.54. The smallest absolute Gasteiger partial charge is 0.224 e. The van der Waals surface area contributed by atoms with Crippen LogP contribution in [0.2, 0.25) is 0 Å². The fourth-order valence-corrected chi connectivity index (χ4v) is 2.30. The first-order chi connectivity index (χ1) is 11.5. The molecule has 2 rings (SSSR count). The van der Waals surface area contributed by atoms with Gasteiger partial charge < -0.3 is 10.1 Å². The Morgan fingerprint density at radius 2 is 1.88 bits per heavy atom. The number of rotatable bonds is 7. The number of anilines is 1. The molecule has 2 aromatic rings. The highest BCUT2D eigenvalue weighted by molar-refractivity contribution is 5.93. The van der Waals surface area contributed by atoms with Gasteiger partial charge >= 0.3 is 0 Å². The summed E-state index contributed by atoms with van der Waals surface area (Å²) >= 11 is 0. The van der Waals surface area contributed by atoms with Crippen molar-refractivity contribution in [1.82, 2.24) is 0 Å². The van der Waals surface area contributed by atoms with Crippen molar-refractivity contribution < 1.29 is 14.3 Å². The molecule has 4 nitrogen and oxygen atoms in total. The molecule has 0 aliphatic rings. The van der Waals surface area contributed by atoms with E-state index in [9.17, 15) is 9.59 Å². The Labute approximate surface area is 142 Å². The van der Waals surface area contributed by atoms with Gasteiger partial charge in [-0.3, -0.25) is 9.59 Å². The van der Waals surface area contributed by atoms with Crippen LogP contribution in [0.15, 0.2) is 42.5 Å². The number of nitrogens with one attached hydrogen (secondary N) is 1. The van der Waals surface area contributed by atoms with E-state index in [1.54, 1.807) is 18.2 Å². The number of aryl methyl sites for hydroxylation is 2. The largest absolute Gasteiger partial charge is 0.489 e. The summed E-state index contributed by atoms with van der Waals surface area (Å²) in [5.41, 5.74) is 3.35. The zero-order valence-corrected chi connectivity index (χ0v) is 14.3. The van der Waals surface area contributed by atoms with Crippen LogP contribution in [0.5, 0.6) is 5.75 Å². The van der Waals surface area contributed by atoms with Crippen molar-refractivity contribution in [2.45, 2.75) is 39.7 Å². The lowest BCUT2D eigenvalue weighted by molar-refractivity contribution is -0.116. The van der Waals surface area contributed by atoms with E-state index >= 15 is 0 Å². The number of carbonyl (C=O) groups is 2. The molecule has 0 bridgehead atoms. The molecule has 24 heavy (non-hydrogen) atoms. The van der Waals surface area contributed by atoms with Gasteiger partial charge in [0.1, 0.15) is 12.0 Å². The molecule has 2 aromatic carbocycles. The third-order valence-electron chi connectivity index (χ3n) is 3.54. The van der Waals surface area contributed by atoms with E-state index in [-0.39, 0.29) is 12.0 Å². The Balaban J connectivity index is 2.03. The van der Waals surface area contributed by atoms with Gasteiger partial charge in [0.25, 0.3) is 0 Å². The number of amides is 1. The Bertz CT molecular complexity index is 705. The van der Waals surface area contributed by atoms with Crippen molar-refractivity contribution in [3.05, 3.63) is 59.2 Å². The molecular formula is C20H23NO3. The minimum atomic E-state index is -0.104. The van der Waals surface area contributed by atoms with Crippen molar-refractivity contribution in [3.63, 3.8) is 0 Å². The molecule has 0 aromatic heterocycles. The highest BCUT2D eigenvalue weighted by Gasteiger charge is 2.11. The summed E-state index contributed by atoms with van der Waals surface area (Å²) in [5.74, 6) is 0.464. The van der Waals surface area contributed by atoms with Gasteiger partial charge in [0.15, 0.2) is 0 Å². The monoisotopic (exact) mass is 325 g/mol. The van der Waals surface area contributed by atoms with Crippen molar-refractivity contribution in [2.75, 3.05) is 5.32 Å². The molecule has 0 spiro atoms. The summed E-state index contributed by atoms with van der Waals surface area (Å²) in [6, 6.07) is 13.1. The van der Waals surface area contributed by atoms with Crippen molar-refractivity contribution in [3.8, 4) is 5.75 Å². The molecule has 0 fully saturated rings. The van der Waals surface area contributed by atoms with Gasteiger partial charge in [-0.1, -0.05) is 29.8 Å². The first-order valence-electron chi connectivity index (χ1n) is 8.09. The lowest BCUT2D eigenvalue weighted by atomic mass is 10.1. The summed E-state index contributed by atoms with van der Waals surface area (Å²) in [6.07, 6.45) is 1.77. The number of benzene rings is 2. The fraction of sp³-hybridized carbons (Fsp3) is 0.300. The van der Waals surface area contributed by atoms with Gasteiger partial charge in [0.05, 0.1) is 11.8 Å². The summed E-state index contributed by atoms with van der Waals surface area (Å²) in [6.45, 7) is 5.86. The quantitative estimate of drug-likeness (QED) is 0.778. The highest BCUT2D eigenvalue weighted by Crippen LogP contribution is 2.26. The SMILES string of the molecule is Cc1ccc(CCC(=O)Nc2cc(C=O)ccc2OC(C)C)cc1. The molecule has 126 valence electrons. The third kappa shape index (κ3) is 5.23. The van der Waals surface area contributed by atoms with E-state index in [1.807, 2.05) is 45.0 Å². The van der Waals surface area contributed by atoms with Gasteiger partial charge in [0.2, 0.25) is 5.91 Å². The first-order valence-corrected chi connectivity index (χ1v) is 8.09. The Morgan fingerprint density at radius 3 is 2.50 bits per heavy atom. The molecule has 0 saturated carbocycles. The molecule has 1 amide bonds. The summed E-state index contributed by atoms with van der Waals surface area (Å²) in [4.78, 5) is 23.2. The normalized spacial score (nSPS) is 10.5. The first kappa shape index (κ1) is 17.7. The van der Waals surface area contributed by atoms with E-state index in [0.717, 1.165) is 11.8 Å². The van der Waals surface area contributed by atoms with Crippen molar-refractivity contribution >= 4 is 17.9 Å². The Kier molecular flexibility index (Phi) is 6.13. The predicted octanol–water partition coefficient (Wildman–Crippen LogP) is 4.17. The zero-order valence-electron chi connectivity index (χ0n) is 14.3. The second kappa shape index (κ2) is 8.29. The highest BCUT2D eigenvalue weighted by atomic mass is 16.5. The molecule has 0 heterocycles. The minimum absolute atomic E-state index is 0.0182. The topological polar surface area (TPSA) is 55.4 Å². The van der Waals surface area contributed by atoms with Crippen LogP contribution in [0.3, 0.4) is 0 Å². The van der Waals surface area contributed by atoms with E-state index in [2.05, 4.69) is 5.32 Å². The fourth-order valence-electron chi connectivity index (χ4n) is 2.30. The molecule has 4 heteroatoms. The number of hydrogen-bond donors (Lipinski definition) is 1. The number of carbonyl (C=O) groups excluding carboxylic acids is 2. The summed E-state index contributed by atoms with van der Waals surface area (Å²) < 4.78 is 5.69. The van der Waals surface area contributed by atoms with Gasteiger partial charge in [0, 0.05) is 12.0 Å². The van der Waals surface area contributed by atoms with Crippen LogP contribution in [0.4, 0.5) is 5.69 Å². The van der Waals surface area contributed by atoms with Crippen LogP contribution in [0.25, 0.3) is 0 Å². The maximum absolute atomic E-state index is 12.2. The predicted molar refractivity (Wildman–Crippen MR) is 95.7 cm³/mol.